The first kappa shape index (κ1) is 9.31. The van der Waals surface area contributed by atoms with Gasteiger partial charge < -0.3 is 0 Å². The summed E-state index contributed by atoms with van der Waals surface area (Å²) in [6.07, 6.45) is 14.5. The summed E-state index contributed by atoms with van der Waals surface area (Å²) < 4.78 is 0. The van der Waals surface area contributed by atoms with Gasteiger partial charge in [-0.1, -0.05) is 57.2 Å². The van der Waals surface area contributed by atoms with E-state index in [1.165, 1.54) is 0 Å². The molecule has 1 aliphatic rings. The maximum Gasteiger partial charge on any atom is -0.00788 e. The van der Waals surface area contributed by atoms with E-state index in [0.29, 0.717) is 11.3 Å². The minimum absolute atomic E-state index is 0.310. The monoisotopic (exact) mass is 162 g/mol. The van der Waals surface area contributed by atoms with Crippen molar-refractivity contribution in [3.8, 4) is 0 Å². The maximum absolute atomic E-state index is 2.28. The Morgan fingerprint density at radius 3 is 2.67 bits per heavy atom. The van der Waals surface area contributed by atoms with Crippen LogP contribution in [-0.4, -0.2) is 0 Å². The van der Waals surface area contributed by atoms with Crippen molar-refractivity contribution < 1.29 is 0 Å². The zero-order chi connectivity index (χ0) is 9.03. The van der Waals surface area contributed by atoms with Gasteiger partial charge in [-0.05, 0) is 17.8 Å². The lowest BCUT2D eigenvalue weighted by Crippen LogP contribution is -2.04. The predicted molar refractivity (Wildman–Crippen MR) is 55.0 cm³/mol. The van der Waals surface area contributed by atoms with E-state index in [1.54, 1.807) is 0 Å². The molecule has 1 aliphatic carbocycles. The van der Waals surface area contributed by atoms with Gasteiger partial charge in [0.15, 0.2) is 0 Å². The van der Waals surface area contributed by atoms with E-state index in [2.05, 4.69) is 57.2 Å². The zero-order valence-corrected chi connectivity index (χ0v) is 8.25. The third-order valence-corrected chi connectivity index (χ3v) is 2.16. The molecule has 0 bridgehead atoms. The first-order valence-corrected chi connectivity index (χ1v) is 4.63. The molecule has 0 aromatic heterocycles. The fourth-order valence-electron chi connectivity index (χ4n) is 1.27. The van der Waals surface area contributed by atoms with Crippen molar-refractivity contribution >= 4 is 0 Å². The minimum Gasteiger partial charge on any atom is -0.0871 e. The first-order chi connectivity index (χ1) is 5.60. The van der Waals surface area contributed by atoms with Crippen LogP contribution in [0.3, 0.4) is 0 Å². The van der Waals surface area contributed by atoms with E-state index in [1.807, 2.05) is 0 Å². The number of rotatable bonds is 0. The van der Waals surface area contributed by atoms with Crippen molar-refractivity contribution in [3.63, 3.8) is 0 Å². The lowest BCUT2D eigenvalue weighted by molar-refractivity contribution is 0.488. The second-order valence-corrected chi connectivity index (χ2v) is 4.22. The van der Waals surface area contributed by atoms with Crippen molar-refractivity contribution in [2.45, 2.75) is 27.2 Å². The third kappa shape index (κ3) is 3.08. The van der Waals surface area contributed by atoms with Crippen LogP contribution in [0.15, 0.2) is 36.5 Å². The van der Waals surface area contributed by atoms with Crippen molar-refractivity contribution in [1.29, 1.82) is 0 Å². The summed E-state index contributed by atoms with van der Waals surface area (Å²) in [5.41, 5.74) is 0.310. The number of allylic oxidation sites excluding steroid dienone is 6. The van der Waals surface area contributed by atoms with Gasteiger partial charge in [0.25, 0.3) is 0 Å². The standard InChI is InChI=1S/C12H18/c1-11-7-4-5-9-12(2,3)10-6-8-11/h4-9,11H,10H2,1-3H3/b7-4+,8-6+,9-5-. The molecule has 0 aromatic rings. The molecule has 0 amide bonds. The van der Waals surface area contributed by atoms with Crippen molar-refractivity contribution in [2.24, 2.45) is 11.3 Å². The van der Waals surface area contributed by atoms with Gasteiger partial charge in [0, 0.05) is 0 Å². The summed E-state index contributed by atoms with van der Waals surface area (Å²) in [5, 5.41) is 0. The molecule has 1 unspecified atom stereocenters. The Kier molecular flexibility index (Phi) is 2.91. The van der Waals surface area contributed by atoms with Crippen LogP contribution in [0.4, 0.5) is 0 Å². The largest absolute Gasteiger partial charge is 0.0871 e. The molecule has 0 aliphatic heterocycles. The Labute approximate surface area is 75.7 Å². The van der Waals surface area contributed by atoms with Crippen LogP contribution >= 0.6 is 0 Å². The lowest BCUT2D eigenvalue weighted by atomic mass is 9.89. The summed E-state index contributed by atoms with van der Waals surface area (Å²) in [7, 11) is 0. The first-order valence-electron chi connectivity index (χ1n) is 4.63. The smallest absolute Gasteiger partial charge is 0.00788 e. The highest BCUT2D eigenvalue weighted by Gasteiger charge is 2.11. The molecule has 0 spiro atoms. The molecule has 12 heavy (non-hydrogen) atoms. The minimum atomic E-state index is 0.310. The molecule has 0 radical (unpaired) electrons. The average molecular weight is 162 g/mol. The molecule has 0 aromatic carbocycles. The second kappa shape index (κ2) is 3.75. The van der Waals surface area contributed by atoms with E-state index in [9.17, 15) is 0 Å². The molecule has 0 fully saturated rings. The van der Waals surface area contributed by atoms with Gasteiger partial charge in [-0.15, -0.1) is 0 Å². The quantitative estimate of drug-likeness (QED) is 0.476. The fourth-order valence-corrected chi connectivity index (χ4v) is 1.27. The van der Waals surface area contributed by atoms with Crippen molar-refractivity contribution in [1.82, 2.24) is 0 Å². The van der Waals surface area contributed by atoms with E-state index in [4.69, 9.17) is 0 Å². The molecular weight excluding hydrogens is 144 g/mol. The van der Waals surface area contributed by atoms with E-state index < -0.39 is 0 Å². The topological polar surface area (TPSA) is 0 Å². The summed E-state index contributed by atoms with van der Waals surface area (Å²) in [6.45, 7) is 6.73. The maximum atomic E-state index is 2.28. The Bertz CT molecular complexity index is 216. The van der Waals surface area contributed by atoms with Crippen LogP contribution in [-0.2, 0) is 0 Å². The van der Waals surface area contributed by atoms with Crippen LogP contribution in [0.1, 0.15) is 27.2 Å². The Morgan fingerprint density at radius 2 is 1.92 bits per heavy atom. The molecule has 0 saturated heterocycles. The number of hydrogen-bond acceptors (Lipinski definition) is 0. The molecule has 0 heterocycles. The van der Waals surface area contributed by atoms with Gasteiger partial charge in [-0.25, -0.2) is 0 Å². The third-order valence-electron chi connectivity index (χ3n) is 2.16. The van der Waals surface area contributed by atoms with Gasteiger partial charge in [0.05, 0.1) is 0 Å². The molecule has 1 rings (SSSR count). The van der Waals surface area contributed by atoms with Crippen LogP contribution in [0.2, 0.25) is 0 Å². The summed E-state index contributed by atoms with van der Waals surface area (Å²) >= 11 is 0. The van der Waals surface area contributed by atoms with Crippen LogP contribution in [0.25, 0.3) is 0 Å². The number of hydrogen-bond donors (Lipinski definition) is 0. The molecular formula is C12H18. The summed E-state index contributed by atoms with van der Waals surface area (Å²) in [6, 6.07) is 0. The highest BCUT2D eigenvalue weighted by molar-refractivity contribution is 5.13. The lowest BCUT2D eigenvalue weighted by Gasteiger charge is -2.16. The summed E-state index contributed by atoms with van der Waals surface area (Å²) in [5.74, 6) is 0.573. The average Bonchev–Trinajstić information content (AvgIpc) is 2.02. The van der Waals surface area contributed by atoms with Gasteiger partial charge in [0.2, 0.25) is 0 Å². The van der Waals surface area contributed by atoms with Gasteiger partial charge in [0.1, 0.15) is 0 Å². The Morgan fingerprint density at radius 1 is 1.17 bits per heavy atom. The van der Waals surface area contributed by atoms with Gasteiger partial charge in [-0.3, -0.25) is 0 Å². The molecule has 0 saturated carbocycles. The highest BCUT2D eigenvalue weighted by Crippen LogP contribution is 2.24. The van der Waals surface area contributed by atoms with Crippen LogP contribution < -0.4 is 0 Å². The Hall–Kier alpha value is -0.780. The molecule has 1 atom stereocenters. The second-order valence-electron chi connectivity index (χ2n) is 4.22. The van der Waals surface area contributed by atoms with Crippen LogP contribution in [0, 0.1) is 11.3 Å². The predicted octanol–water partition coefficient (Wildman–Crippen LogP) is 3.72. The van der Waals surface area contributed by atoms with E-state index >= 15 is 0 Å². The summed E-state index contributed by atoms with van der Waals surface area (Å²) in [4.78, 5) is 0. The van der Waals surface area contributed by atoms with E-state index in [-0.39, 0.29) is 0 Å². The normalized spacial score (nSPS) is 35.8. The van der Waals surface area contributed by atoms with Gasteiger partial charge >= 0.3 is 0 Å². The van der Waals surface area contributed by atoms with Gasteiger partial charge in [-0.2, -0.15) is 0 Å². The molecule has 0 nitrogen and oxygen atoms in total. The fraction of sp³-hybridized carbons (Fsp3) is 0.500. The van der Waals surface area contributed by atoms with Crippen molar-refractivity contribution in [2.75, 3.05) is 0 Å². The highest BCUT2D eigenvalue weighted by atomic mass is 14.2. The zero-order valence-electron chi connectivity index (χ0n) is 8.25. The van der Waals surface area contributed by atoms with E-state index in [0.717, 1.165) is 6.42 Å². The van der Waals surface area contributed by atoms with Crippen LogP contribution in [0.5, 0.6) is 0 Å². The van der Waals surface area contributed by atoms with Crippen molar-refractivity contribution in [3.05, 3.63) is 36.5 Å². The molecule has 0 N–H and O–H groups in total. The molecule has 0 heteroatoms. The molecule has 66 valence electrons. The Balaban J connectivity index is 2.76. The SMILES string of the molecule is CC1/C=C/C=C\C(C)(C)C/C=C/1.